The van der Waals surface area contributed by atoms with E-state index in [1.165, 1.54) is 4.88 Å². The minimum atomic E-state index is 0.563. The molecule has 66 valence electrons. The van der Waals surface area contributed by atoms with Crippen molar-refractivity contribution in [1.29, 1.82) is 0 Å². The zero-order valence-electron chi connectivity index (χ0n) is 7.29. The second kappa shape index (κ2) is 2.98. The monoisotopic (exact) mass is 184 g/mol. The molecule has 0 aliphatic carbocycles. The molecule has 0 fully saturated rings. The van der Waals surface area contributed by atoms with Crippen molar-refractivity contribution in [2.24, 2.45) is 0 Å². The summed E-state index contributed by atoms with van der Waals surface area (Å²) >= 11 is 1.70. The van der Waals surface area contributed by atoms with E-state index < -0.39 is 0 Å². The third-order valence-electron chi connectivity index (χ3n) is 1.83. The molecule has 0 saturated carbocycles. The molecule has 1 aliphatic rings. The Bertz CT molecular complexity index is 255. The minimum Gasteiger partial charge on any atom is -0.485 e. The van der Waals surface area contributed by atoms with Crippen LogP contribution in [-0.4, -0.2) is 13.2 Å². The Morgan fingerprint density at radius 2 is 2.08 bits per heavy atom. The van der Waals surface area contributed by atoms with E-state index in [4.69, 9.17) is 9.47 Å². The van der Waals surface area contributed by atoms with Crippen molar-refractivity contribution in [3.05, 3.63) is 10.9 Å². The van der Waals surface area contributed by atoms with Gasteiger partial charge in [0.05, 0.1) is 0 Å². The molecular formula is C9H12O2S. The SMILES string of the molecule is CC(C)c1cc2c(s1)OCCO2. The van der Waals surface area contributed by atoms with Gasteiger partial charge in [-0.1, -0.05) is 13.8 Å². The number of ether oxygens (including phenoxy) is 2. The van der Waals surface area contributed by atoms with Crippen molar-refractivity contribution in [3.63, 3.8) is 0 Å². The zero-order valence-corrected chi connectivity index (χ0v) is 8.11. The summed E-state index contributed by atoms with van der Waals surface area (Å²) in [6.45, 7) is 5.72. The highest BCUT2D eigenvalue weighted by atomic mass is 32.1. The van der Waals surface area contributed by atoms with Gasteiger partial charge in [0.2, 0.25) is 5.06 Å². The molecule has 0 saturated heterocycles. The summed E-state index contributed by atoms with van der Waals surface area (Å²) in [5.74, 6) is 1.49. The normalized spacial score (nSPS) is 15.2. The first-order chi connectivity index (χ1) is 5.77. The lowest BCUT2D eigenvalue weighted by Gasteiger charge is -2.13. The van der Waals surface area contributed by atoms with Crippen LogP contribution in [0.3, 0.4) is 0 Å². The molecule has 0 unspecified atom stereocenters. The van der Waals surface area contributed by atoms with Gasteiger partial charge in [0.15, 0.2) is 5.75 Å². The molecule has 0 amide bonds. The third-order valence-corrected chi connectivity index (χ3v) is 3.16. The van der Waals surface area contributed by atoms with Crippen LogP contribution in [-0.2, 0) is 0 Å². The van der Waals surface area contributed by atoms with Gasteiger partial charge >= 0.3 is 0 Å². The Labute approximate surface area is 76.1 Å². The summed E-state index contributed by atoms with van der Waals surface area (Å²) in [6, 6.07) is 2.09. The van der Waals surface area contributed by atoms with Crippen LogP contribution < -0.4 is 9.47 Å². The lowest BCUT2D eigenvalue weighted by molar-refractivity contribution is 0.178. The molecule has 0 aromatic carbocycles. The summed E-state index contributed by atoms with van der Waals surface area (Å²) in [6.07, 6.45) is 0. The maximum absolute atomic E-state index is 5.45. The number of hydrogen-bond donors (Lipinski definition) is 0. The molecular weight excluding hydrogens is 172 g/mol. The number of fused-ring (bicyclic) bond motifs is 1. The summed E-state index contributed by atoms with van der Waals surface area (Å²) in [4.78, 5) is 1.34. The molecule has 2 rings (SSSR count). The first-order valence-corrected chi connectivity index (χ1v) is 4.98. The van der Waals surface area contributed by atoms with E-state index in [1.54, 1.807) is 11.3 Å². The maximum Gasteiger partial charge on any atom is 0.217 e. The van der Waals surface area contributed by atoms with E-state index >= 15 is 0 Å². The molecule has 2 heterocycles. The van der Waals surface area contributed by atoms with Crippen LogP contribution in [0.5, 0.6) is 10.8 Å². The van der Waals surface area contributed by atoms with Gasteiger partial charge in [-0.2, -0.15) is 0 Å². The molecule has 2 nitrogen and oxygen atoms in total. The van der Waals surface area contributed by atoms with Gasteiger partial charge in [0, 0.05) is 4.88 Å². The van der Waals surface area contributed by atoms with Crippen molar-refractivity contribution < 1.29 is 9.47 Å². The first kappa shape index (κ1) is 7.92. The Morgan fingerprint density at radius 3 is 2.75 bits per heavy atom. The number of rotatable bonds is 1. The van der Waals surface area contributed by atoms with Gasteiger partial charge in [0.1, 0.15) is 13.2 Å². The maximum atomic E-state index is 5.45. The number of thiophene rings is 1. The first-order valence-electron chi connectivity index (χ1n) is 4.16. The van der Waals surface area contributed by atoms with Crippen LogP contribution in [0.15, 0.2) is 6.07 Å². The Hall–Kier alpha value is -0.700. The van der Waals surface area contributed by atoms with Crippen LogP contribution in [0, 0.1) is 0 Å². The zero-order chi connectivity index (χ0) is 8.55. The molecule has 0 spiro atoms. The lowest BCUT2D eigenvalue weighted by atomic mass is 10.2. The van der Waals surface area contributed by atoms with Crippen LogP contribution >= 0.6 is 11.3 Å². The van der Waals surface area contributed by atoms with Gasteiger partial charge in [0.25, 0.3) is 0 Å². The lowest BCUT2D eigenvalue weighted by Crippen LogP contribution is -2.13. The van der Waals surface area contributed by atoms with Gasteiger partial charge in [-0.3, -0.25) is 0 Å². The predicted molar refractivity (Wildman–Crippen MR) is 49.4 cm³/mol. The standard InChI is InChI=1S/C9H12O2S/c1-6(2)8-5-7-9(12-8)11-4-3-10-7/h5-6H,3-4H2,1-2H3. The Kier molecular flexibility index (Phi) is 1.97. The fraction of sp³-hybridized carbons (Fsp3) is 0.556. The predicted octanol–water partition coefficient (Wildman–Crippen LogP) is 2.64. The summed E-state index contributed by atoms with van der Waals surface area (Å²) in [7, 11) is 0. The highest BCUT2D eigenvalue weighted by Gasteiger charge is 2.16. The quantitative estimate of drug-likeness (QED) is 0.668. The topological polar surface area (TPSA) is 18.5 Å². The number of hydrogen-bond acceptors (Lipinski definition) is 3. The van der Waals surface area contributed by atoms with E-state index in [2.05, 4.69) is 19.9 Å². The van der Waals surface area contributed by atoms with E-state index in [-0.39, 0.29) is 0 Å². The van der Waals surface area contributed by atoms with Crippen molar-refractivity contribution in [1.82, 2.24) is 0 Å². The minimum absolute atomic E-state index is 0.563. The van der Waals surface area contributed by atoms with Gasteiger partial charge in [-0.15, -0.1) is 11.3 Å². The highest BCUT2D eigenvalue weighted by molar-refractivity contribution is 7.14. The van der Waals surface area contributed by atoms with Crippen LogP contribution in [0.1, 0.15) is 24.6 Å². The van der Waals surface area contributed by atoms with Crippen LogP contribution in [0.4, 0.5) is 0 Å². The van der Waals surface area contributed by atoms with Crippen LogP contribution in [0.2, 0.25) is 0 Å². The van der Waals surface area contributed by atoms with Crippen molar-refractivity contribution in [3.8, 4) is 10.8 Å². The molecule has 0 N–H and O–H groups in total. The molecule has 1 aromatic heterocycles. The fourth-order valence-corrected chi connectivity index (χ4v) is 2.12. The van der Waals surface area contributed by atoms with E-state index in [1.807, 2.05) is 0 Å². The Morgan fingerprint density at radius 1 is 1.33 bits per heavy atom. The summed E-state index contributed by atoms with van der Waals surface area (Å²) in [5, 5.41) is 0.949. The average molecular weight is 184 g/mol. The molecule has 1 aromatic rings. The molecule has 0 atom stereocenters. The summed E-state index contributed by atoms with van der Waals surface area (Å²) in [5.41, 5.74) is 0. The van der Waals surface area contributed by atoms with E-state index in [0.29, 0.717) is 19.1 Å². The van der Waals surface area contributed by atoms with Gasteiger partial charge in [-0.25, -0.2) is 0 Å². The van der Waals surface area contributed by atoms with Crippen molar-refractivity contribution >= 4 is 11.3 Å². The third kappa shape index (κ3) is 1.29. The second-order valence-corrected chi connectivity index (χ2v) is 4.20. The van der Waals surface area contributed by atoms with E-state index in [9.17, 15) is 0 Å². The highest BCUT2D eigenvalue weighted by Crippen LogP contribution is 2.41. The summed E-state index contributed by atoms with van der Waals surface area (Å²) < 4.78 is 10.9. The van der Waals surface area contributed by atoms with Gasteiger partial charge in [-0.05, 0) is 12.0 Å². The largest absolute Gasteiger partial charge is 0.485 e. The molecule has 3 heteroatoms. The fourth-order valence-electron chi connectivity index (χ4n) is 1.15. The smallest absolute Gasteiger partial charge is 0.217 e. The van der Waals surface area contributed by atoms with E-state index in [0.717, 1.165) is 10.8 Å². The van der Waals surface area contributed by atoms with Crippen LogP contribution in [0.25, 0.3) is 0 Å². The average Bonchev–Trinajstić information content (AvgIpc) is 2.46. The van der Waals surface area contributed by atoms with Crippen molar-refractivity contribution in [2.75, 3.05) is 13.2 Å². The molecule has 1 aliphatic heterocycles. The molecule has 12 heavy (non-hydrogen) atoms. The molecule has 0 bridgehead atoms. The van der Waals surface area contributed by atoms with Gasteiger partial charge < -0.3 is 9.47 Å². The molecule has 0 radical (unpaired) electrons. The second-order valence-electron chi connectivity index (χ2n) is 3.15. The van der Waals surface area contributed by atoms with Crippen molar-refractivity contribution in [2.45, 2.75) is 19.8 Å². The Balaban J connectivity index is 2.32.